The zero-order valence-electron chi connectivity index (χ0n) is 8.97. The summed E-state index contributed by atoms with van der Waals surface area (Å²) in [7, 11) is 0. The van der Waals surface area contributed by atoms with E-state index in [1.165, 1.54) is 25.0 Å². The summed E-state index contributed by atoms with van der Waals surface area (Å²) in [5, 5.41) is 13.1. The average Bonchev–Trinajstić information content (AvgIpc) is 2.31. The largest absolute Gasteiger partial charge is 0.506 e. The summed E-state index contributed by atoms with van der Waals surface area (Å²) in [5.41, 5.74) is 0.411. The number of benzene rings is 1. The van der Waals surface area contributed by atoms with E-state index in [-0.39, 0.29) is 17.6 Å². The number of phenolic OH excluding ortho intramolecular Hbond substituents is 1. The Bertz CT molecular complexity index is 378. The van der Waals surface area contributed by atoms with E-state index in [2.05, 4.69) is 21.2 Å². The Morgan fingerprint density at radius 3 is 2.94 bits per heavy atom. The van der Waals surface area contributed by atoms with Gasteiger partial charge in [-0.15, -0.1) is 0 Å². The molecule has 1 fully saturated rings. The van der Waals surface area contributed by atoms with Gasteiger partial charge in [0.05, 0.1) is 4.47 Å². The van der Waals surface area contributed by atoms with Crippen molar-refractivity contribution >= 4 is 15.9 Å². The van der Waals surface area contributed by atoms with Crippen LogP contribution in [-0.4, -0.2) is 17.7 Å². The first-order valence-electron chi connectivity index (χ1n) is 5.57. The lowest BCUT2D eigenvalue weighted by molar-refractivity contribution is 0.385. The zero-order chi connectivity index (χ0) is 11.5. The molecule has 0 aliphatic carbocycles. The fourth-order valence-electron chi connectivity index (χ4n) is 2.12. The van der Waals surface area contributed by atoms with Crippen LogP contribution in [0.4, 0.5) is 4.39 Å². The number of nitrogens with one attached hydrogen (secondary N) is 1. The minimum absolute atomic E-state index is 0.0346. The molecule has 2 rings (SSSR count). The first-order valence-corrected chi connectivity index (χ1v) is 6.37. The van der Waals surface area contributed by atoms with Gasteiger partial charge < -0.3 is 10.4 Å². The Kier molecular flexibility index (Phi) is 3.82. The molecule has 0 bridgehead atoms. The SMILES string of the molecule is Oc1c(Br)ccc(F)c1CC1CCCCN1. The second kappa shape index (κ2) is 5.15. The van der Waals surface area contributed by atoms with Crippen molar-refractivity contribution in [3.63, 3.8) is 0 Å². The predicted octanol–water partition coefficient (Wildman–Crippen LogP) is 2.98. The lowest BCUT2D eigenvalue weighted by Crippen LogP contribution is -2.35. The maximum absolute atomic E-state index is 13.6. The molecule has 0 aromatic heterocycles. The monoisotopic (exact) mass is 287 g/mol. The van der Waals surface area contributed by atoms with Crippen LogP contribution in [0.3, 0.4) is 0 Å². The Labute approximate surface area is 103 Å². The summed E-state index contributed by atoms with van der Waals surface area (Å²) in [6.45, 7) is 0.987. The van der Waals surface area contributed by atoms with Crippen molar-refractivity contribution in [1.82, 2.24) is 5.32 Å². The highest BCUT2D eigenvalue weighted by Gasteiger charge is 2.18. The molecule has 1 heterocycles. The van der Waals surface area contributed by atoms with Gasteiger partial charge in [0.15, 0.2) is 0 Å². The van der Waals surface area contributed by atoms with Crippen molar-refractivity contribution in [1.29, 1.82) is 0 Å². The summed E-state index contributed by atoms with van der Waals surface area (Å²) in [4.78, 5) is 0. The van der Waals surface area contributed by atoms with Gasteiger partial charge >= 0.3 is 0 Å². The molecule has 0 spiro atoms. The van der Waals surface area contributed by atoms with Crippen LogP contribution in [0.5, 0.6) is 5.75 Å². The van der Waals surface area contributed by atoms with Crippen LogP contribution >= 0.6 is 15.9 Å². The Balaban J connectivity index is 2.16. The lowest BCUT2D eigenvalue weighted by atomic mass is 9.97. The summed E-state index contributed by atoms with van der Waals surface area (Å²) < 4.78 is 14.1. The van der Waals surface area contributed by atoms with Crippen molar-refractivity contribution in [2.75, 3.05) is 6.54 Å². The number of rotatable bonds is 2. The van der Waals surface area contributed by atoms with Gasteiger partial charge in [0, 0.05) is 11.6 Å². The van der Waals surface area contributed by atoms with E-state index in [1.807, 2.05) is 0 Å². The van der Waals surface area contributed by atoms with Gasteiger partial charge in [-0.2, -0.15) is 0 Å². The summed E-state index contributed by atoms with van der Waals surface area (Å²) in [6, 6.07) is 3.20. The summed E-state index contributed by atoms with van der Waals surface area (Å²) in [5.74, 6) is -0.291. The van der Waals surface area contributed by atoms with E-state index in [0.29, 0.717) is 16.5 Å². The fraction of sp³-hybridized carbons (Fsp3) is 0.500. The molecule has 1 saturated heterocycles. The third-order valence-electron chi connectivity index (χ3n) is 3.04. The van der Waals surface area contributed by atoms with Crippen LogP contribution in [0, 0.1) is 5.82 Å². The van der Waals surface area contributed by atoms with Crippen LogP contribution in [0.2, 0.25) is 0 Å². The molecule has 1 aliphatic heterocycles. The van der Waals surface area contributed by atoms with Crippen LogP contribution in [0.25, 0.3) is 0 Å². The van der Waals surface area contributed by atoms with Gasteiger partial charge in [0.2, 0.25) is 0 Å². The minimum atomic E-state index is -0.326. The van der Waals surface area contributed by atoms with Crippen molar-refractivity contribution in [3.05, 3.63) is 28.0 Å². The number of halogens is 2. The zero-order valence-corrected chi connectivity index (χ0v) is 10.6. The molecular weight excluding hydrogens is 273 g/mol. The highest BCUT2D eigenvalue weighted by Crippen LogP contribution is 2.31. The van der Waals surface area contributed by atoms with Crippen molar-refractivity contribution < 1.29 is 9.50 Å². The molecule has 4 heteroatoms. The van der Waals surface area contributed by atoms with Gasteiger partial charge in [-0.05, 0) is 53.9 Å². The first kappa shape index (κ1) is 11.9. The van der Waals surface area contributed by atoms with E-state index >= 15 is 0 Å². The Morgan fingerprint density at radius 1 is 1.44 bits per heavy atom. The minimum Gasteiger partial charge on any atom is -0.506 e. The molecule has 0 amide bonds. The molecule has 0 saturated carbocycles. The van der Waals surface area contributed by atoms with E-state index < -0.39 is 0 Å². The van der Waals surface area contributed by atoms with Crippen LogP contribution < -0.4 is 5.32 Å². The summed E-state index contributed by atoms with van der Waals surface area (Å²) in [6.07, 6.45) is 3.96. The van der Waals surface area contributed by atoms with Crippen molar-refractivity contribution in [3.8, 4) is 5.75 Å². The standard InChI is InChI=1S/C12H15BrFNO/c13-10-4-5-11(14)9(12(10)16)7-8-3-1-2-6-15-8/h4-5,8,15-16H,1-3,6-7H2. The highest BCUT2D eigenvalue weighted by atomic mass is 79.9. The molecule has 1 aliphatic rings. The van der Waals surface area contributed by atoms with Gasteiger partial charge in [-0.3, -0.25) is 0 Å². The average molecular weight is 288 g/mol. The number of hydrogen-bond donors (Lipinski definition) is 2. The smallest absolute Gasteiger partial charge is 0.135 e. The van der Waals surface area contributed by atoms with Crippen LogP contribution in [-0.2, 0) is 6.42 Å². The summed E-state index contributed by atoms with van der Waals surface area (Å²) >= 11 is 3.21. The second-order valence-corrected chi connectivity index (χ2v) is 5.06. The molecule has 1 unspecified atom stereocenters. The third-order valence-corrected chi connectivity index (χ3v) is 3.68. The molecule has 16 heavy (non-hydrogen) atoms. The van der Waals surface area contributed by atoms with Gasteiger partial charge in [0.25, 0.3) is 0 Å². The topological polar surface area (TPSA) is 32.3 Å². The van der Waals surface area contributed by atoms with Crippen molar-refractivity contribution in [2.24, 2.45) is 0 Å². The first-order chi connectivity index (χ1) is 7.68. The highest BCUT2D eigenvalue weighted by molar-refractivity contribution is 9.10. The maximum atomic E-state index is 13.6. The number of piperidine rings is 1. The van der Waals surface area contributed by atoms with E-state index in [4.69, 9.17) is 0 Å². The quantitative estimate of drug-likeness (QED) is 0.877. The Morgan fingerprint density at radius 2 is 2.25 bits per heavy atom. The number of phenols is 1. The van der Waals surface area contributed by atoms with Crippen LogP contribution in [0.1, 0.15) is 24.8 Å². The molecular formula is C12H15BrFNO. The predicted molar refractivity (Wildman–Crippen MR) is 65.1 cm³/mol. The number of aromatic hydroxyl groups is 1. The fourth-order valence-corrected chi connectivity index (χ4v) is 2.49. The van der Waals surface area contributed by atoms with Gasteiger partial charge in [-0.25, -0.2) is 4.39 Å². The van der Waals surface area contributed by atoms with Crippen LogP contribution in [0.15, 0.2) is 16.6 Å². The maximum Gasteiger partial charge on any atom is 0.135 e. The molecule has 88 valence electrons. The van der Waals surface area contributed by atoms with E-state index in [0.717, 1.165) is 13.0 Å². The second-order valence-electron chi connectivity index (χ2n) is 4.21. The molecule has 2 N–H and O–H groups in total. The molecule has 1 aromatic rings. The van der Waals surface area contributed by atoms with Gasteiger partial charge in [-0.1, -0.05) is 6.42 Å². The third kappa shape index (κ3) is 2.55. The molecule has 2 nitrogen and oxygen atoms in total. The van der Waals surface area contributed by atoms with Crippen molar-refractivity contribution in [2.45, 2.75) is 31.7 Å². The normalized spacial score (nSPS) is 21.0. The molecule has 0 radical (unpaired) electrons. The number of hydrogen-bond acceptors (Lipinski definition) is 2. The van der Waals surface area contributed by atoms with E-state index in [9.17, 15) is 9.50 Å². The Hall–Kier alpha value is -0.610. The molecule has 1 atom stereocenters. The van der Waals surface area contributed by atoms with E-state index in [1.54, 1.807) is 0 Å². The molecule has 1 aromatic carbocycles. The van der Waals surface area contributed by atoms with Gasteiger partial charge in [0.1, 0.15) is 11.6 Å². The lowest BCUT2D eigenvalue weighted by Gasteiger charge is -2.24.